The number of aryl methyl sites for hydroxylation is 8. The van der Waals surface area contributed by atoms with Gasteiger partial charge >= 0.3 is 0 Å². The summed E-state index contributed by atoms with van der Waals surface area (Å²) < 4.78 is 17.9. The Morgan fingerprint density at radius 2 is 0.590 bits per heavy atom. The molecule has 8 heterocycles. The van der Waals surface area contributed by atoms with Gasteiger partial charge in [-0.2, -0.15) is 36.5 Å². The zero-order valence-corrected chi connectivity index (χ0v) is 59.6. The summed E-state index contributed by atoms with van der Waals surface area (Å²) in [5, 5.41) is 10.2. The monoisotopic (exact) mass is 1300 g/mol. The number of hydrogen-bond acceptors (Lipinski definition) is 0. The van der Waals surface area contributed by atoms with Gasteiger partial charge in [-0.15, -0.1) is 0 Å². The van der Waals surface area contributed by atoms with Crippen molar-refractivity contribution >= 4 is 43.1 Å². The third-order valence-corrected chi connectivity index (χ3v) is 19.7. The molecule has 0 spiro atoms. The first-order chi connectivity index (χ1) is 48.6. The number of benzene rings is 8. The van der Waals surface area contributed by atoms with Crippen LogP contribution in [0.2, 0.25) is 0 Å². The fourth-order valence-corrected chi connectivity index (χ4v) is 14.2. The molecule has 0 saturated heterocycles. The van der Waals surface area contributed by atoms with Gasteiger partial charge in [-0.3, -0.25) is 0 Å². The summed E-state index contributed by atoms with van der Waals surface area (Å²) in [5.74, 6) is 0. The van der Waals surface area contributed by atoms with Crippen LogP contribution in [0.4, 0.5) is 0 Å². The summed E-state index contributed by atoms with van der Waals surface area (Å²) in [6, 6.07) is 103. The highest BCUT2D eigenvalue weighted by molar-refractivity contribution is 5.97. The normalized spacial score (nSPS) is 11.0. The van der Waals surface area contributed by atoms with Gasteiger partial charge in [0.05, 0.1) is 10.9 Å². The van der Waals surface area contributed by atoms with Crippen LogP contribution in [0, 0.1) is 27.7 Å². The molecule has 0 bridgehead atoms. The van der Waals surface area contributed by atoms with E-state index >= 15 is 0 Å². The van der Waals surface area contributed by atoms with E-state index in [0.29, 0.717) is 0 Å². The minimum absolute atomic E-state index is 1.20. The number of nitrogens with zero attached hydrogens (tertiary/aromatic N) is 8. The highest BCUT2D eigenvalue weighted by atomic mass is 15.0. The number of aromatic nitrogens is 8. The highest BCUT2D eigenvalue weighted by Gasteiger charge is 2.29. The molecule has 100 heavy (non-hydrogen) atoms. The fourth-order valence-electron chi connectivity index (χ4n) is 14.2. The maximum atomic E-state index is 2.30. The van der Waals surface area contributed by atoms with Crippen molar-refractivity contribution in [2.75, 3.05) is 0 Å². The molecular formula is C92H88N8+8. The Bertz CT molecular complexity index is 5370. The molecule has 0 aliphatic carbocycles. The van der Waals surface area contributed by atoms with Crippen molar-refractivity contribution in [3.63, 3.8) is 0 Å². The maximum absolute atomic E-state index is 2.30. The van der Waals surface area contributed by atoms with E-state index in [1.165, 1.54) is 156 Å². The lowest BCUT2D eigenvalue weighted by Crippen LogP contribution is -2.40. The highest BCUT2D eigenvalue weighted by Crippen LogP contribution is 2.33. The minimum Gasteiger partial charge on any atom is -0.196 e. The van der Waals surface area contributed by atoms with Gasteiger partial charge in [0.1, 0.15) is 56.4 Å². The van der Waals surface area contributed by atoms with Crippen molar-refractivity contribution < 1.29 is 36.5 Å². The van der Waals surface area contributed by atoms with E-state index in [-0.39, 0.29) is 0 Å². The predicted molar refractivity (Wildman–Crippen MR) is 408 cm³/mol. The van der Waals surface area contributed by atoms with Crippen LogP contribution in [0.3, 0.4) is 0 Å². The molecule has 16 aromatic rings. The topological polar surface area (TPSA) is 31.0 Å². The standard InChI is InChI=1S/4C23H22N2/c1-17-9-4-7-12-20(17)21-13-8-14-22(25(21)3)23-15-18-10-5-6-11-19(18)16-24(23)2;1-17-9-4-6-11-19(17)21-13-8-14-22(25(21)3)23-20-12-7-5-10-18(20)15-16-24(23)2;1-17-14-15-18-9-4-5-10-19(18)23(17)22-13-8-12-21(25(22)3)20-11-6-7-16-24(20)2;1-17-15-18-9-4-5-10-19(18)16-20(17)21-12-8-13-23(25(21)3)22-11-6-7-14-24(22)2/h4*4-16H,1-3H3/q4*+2. The van der Waals surface area contributed by atoms with Crippen LogP contribution in [-0.4, -0.2) is 0 Å². The third-order valence-electron chi connectivity index (χ3n) is 19.7. The van der Waals surface area contributed by atoms with Crippen LogP contribution in [0.5, 0.6) is 0 Å². The Morgan fingerprint density at radius 1 is 0.200 bits per heavy atom. The van der Waals surface area contributed by atoms with Crippen molar-refractivity contribution in [1.82, 2.24) is 0 Å². The van der Waals surface area contributed by atoms with Crippen LogP contribution in [-0.2, 0) is 56.4 Å². The molecule has 8 nitrogen and oxygen atoms in total. The van der Waals surface area contributed by atoms with Gasteiger partial charge in [0, 0.05) is 107 Å². The van der Waals surface area contributed by atoms with Gasteiger partial charge in [-0.1, -0.05) is 140 Å². The summed E-state index contributed by atoms with van der Waals surface area (Å²) in [7, 11) is 17.0. The van der Waals surface area contributed by atoms with Crippen LogP contribution in [0.25, 0.3) is 134 Å². The number of pyridine rings is 8. The Labute approximate surface area is 589 Å². The van der Waals surface area contributed by atoms with Gasteiger partial charge < -0.3 is 0 Å². The summed E-state index contributed by atoms with van der Waals surface area (Å²) >= 11 is 0. The van der Waals surface area contributed by atoms with Crippen LogP contribution >= 0.6 is 0 Å². The molecule has 0 saturated carbocycles. The second-order valence-electron chi connectivity index (χ2n) is 26.2. The second kappa shape index (κ2) is 29.4. The molecule has 0 radical (unpaired) electrons. The van der Waals surface area contributed by atoms with Gasteiger partial charge in [0.15, 0.2) is 24.8 Å². The average molecular weight is 1310 g/mol. The third kappa shape index (κ3) is 13.6. The number of rotatable bonds is 8. The predicted octanol–water partition coefficient (Wildman–Crippen LogP) is 16.5. The molecular weight excluding hydrogens is 1220 g/mol. The molecule has 8 heteroatoms. The smallest absolute Gasteiger partial charge is 0.196 e. The lowest BCUT2D eigenvalue weighted by molar-refractivity contribution is -0.685. The Balaban J connectivity index is 0.000000119. The first-order valence-corrected chi connectivity index (χ1v) is 34.4. The summed E-state index contributed by atoms with van der Waals surface area (Å²) in [5.41, 5.74) is 24.9. The van der Waals surface area contributed by atoms with Crippen molar-refractivity contribution in [3.05, 3.63) is 338 Å². The first kappa shape index (κ1) is 66.6. The van der Waals surface area contributed by atoms with E-state index in [1.54, 1.807) is 0 Å². The van der Waals surface area contributed by atoms with Gasteiger partial charge in [0.2, 0.25) is 22.8 Å². The van der Waals surface area contributed by atoms with Gasteiger partial charge in [-0.25, -0.2) is 0 Å². The lowest BCUT2D eigenvalue weighted by atomic mass is 9.96. The Kier molecular flexibility index (Phi) is 19.6. The van der Waals surface area contributed by atoms with Crippen molar-refractivity contribution in [2.45, 2.75) is 27.7 Å². The quantitative estimate of drug-likeness (QED) is 0.136. The van der Waals surface area contributed by atoms with E-state index in [0.717, 1.165) is 0 Å². The van der Waals surface area contributed by atoms with Crippen molar-refractivity contribution in [2.24, 2.45) is 56.4 Å². The average Bonchev–Trinajstić information content (AvgIpc) is 0.787. The SMILES string of the molecule is Cc1cc2ccccc2cc1-c1cccc(-c2cccc[n+]2C)[n+]1C.Cc1ccc2ccccc2c1-c1cccc(-c2cccc[n+]2C)[n+]1C.Cc1ccccc1-c1cccc(-c2c3ccccc3cc[n+]2C)[n+]1C.Cc1ccccc1-c1cccc(-c2cc3ccccc3c[n+]2C)[n+]1C. The van der Waals surface area contributed by atoms with Crippen LogP contribution in [0.1, 0.15) is 22.3 Å². The molecule has 0 unspecified atom stereocenters. The molecule has 0 fully saturated rings. The van der Waals surface area contributed by atoms with Gasteiger partial charge in [0.25, 0.3) is 45.6 Å². The van der Waals surface area contributed by atoms with Crippen molar-refractivity contribution in [3.8, 4) is 90.6 Å². The molecule has 0 atom stereocenters. The molecule has 16 rings (SSSR count). The summed E-state index contributed by atoms with van der Waals surface area (Å²) in [4.78, 5) is 0. The number of hydrogen-bond donors (Lipinski definition) is 0. The molecule has 0 aliphatic heterocycles. The molecule has 8 aromatic carbocycles. The van der Waals surface area contributed by atoms with E-state index in [4.69, 9.17) is 0 Å². The molecule has 8 aromatic heterocycles. The van der Waals surface area contributed by atoms with Crippen LogP contribution in [0.15, 0.2) is 316 Å². The van der Waals surface area contributed by atoms with Crippen LogP contribution < -0.4 is 36.5 Å². The second-order valence-corrected chi connectivity index (χ2v) is 26.2. The minimum atomic E-state index is 1.20. The molecule has 0 N–H and O–H groups in total. The lowest BCUT2D eigenvalue weighted by Gasteiger charge is -2.10. The molecule has 488 valence electrons. The van der Waals surface area contributed by atoms with E-state index < -0.39 is 0 Å². The maximum Gasteiger partial charge on any atom is 0.285 e. The molecule has 0 amide bonds. The zero-order valence-electron chi connectivity index (χ0n) is 59.6. The largest absolute Gasteiger partial charge is 0.285 e. The number of fused-ring (bicyclic) bond motifs is 4. The van der Waals surface area contributed by atoms with E-state index in [1.807, 2.05) is 0 Å². The zero-order chi connectivity index (χ0) is 69.6. The van der Waals surface area contributed by atoms with E-state index in [2.05, 4.69) is 437 Å². The molecule has 0 aliphatic rings. The van der Waals surface area contributed by atoms with Gasteiger partial charge in [-0.05, 0) is 149 Å². The Morgan fingerprint density at radius 3 is 1.14 bits per heavy atom. The first-order valence-electron chi connectivity index (χ1n) is 34.4. The van der Waals surface area contributed by atoms with E-state index in [9.17, 15) is 0 Å². The fraction of sp³-hybridized carbons (Fsp3) is 0.130. The summed E-state index contributed by atoms with van der Waals surface area (Å²) in [6.45, 7) is 8.71. The van der Waals surface area contributed by atoms with Crippen molar-refractivity contribution in [1.29, 1.82) is 0 Å². The summed E-state index contributed by atoms with van der Waals surface area (Å²) in [6.07, 6.45) is 8.51. The Hall–Kier alpha value is -12.0.